The Labute approximate surface area is 157 Å². The molecule has 0 bridgehead atoms. The molecule has 134 valence electrons. The lowest BCUT2D eigenvalue weighted by molar-refractivity contribution is 0.592. The van der Waals surface area contributed by atoms with Gasteiger partial charge in [0.25, 0.3) is 0 Å². The Hall–Kier alpha value is -3.25. The zero-order valence-corrected chi connectivity index (χ0v) is 15.4. The Kier molecular flexibility index (Phi) is 4.33. The summed E-state index contributed by atoms with van der Waals surface area (Å²) in [4.78, 5) is 12.1. The fraction of sp³-hybridized carbons (Fsp3) is 0.0476. The summed E-state index contributed by atoms with van der Waals surface area (Å²) in [5.74, 6) is 0. The van der Waals surface area contributed by atoms with E-state index < -0.39 is 9.84 Å². The van der Waals surface area contributed by atoms with Gasteiger partial charge in [-0.05, 0) is 42.3 Å². The number of aromatic amines is 1. The molecule has 2 aromatic carbocycles. The van der Waals surface area contributed by atoms with Crippen LogP contribution in [-0.4, -0.2) is 23.4 Å². The molecule has 2 aromatic heterocycles. The minimum absolute atomic E-state index is 0.0487. The molecule has 0 aliphatic rings. The van der Waals surface area contributed by atoms with E-state index in [1.54, 1.807) is 36.5 Å². The minimum atomic E-state index is -3.80. The Morgan fingerprint density at radius 3 is 2.52 bits per heavy atom. The summed E-state index contributed by atoms with van der Waals surface area (Å²) in [6.45, 7) is 1.86. The molecule has 0 fully saturated rings. The van der Waals surface area contributed by atoms with Crippen LogP contribution < -0.4 is 0 Å². The van der Waals surface area contributed by atoms with Crippen molar-refractivity contribution in [2.24, 2.45) is 0 Å². The summed E-state index contributed by atoms with van der Waals surface area (Å²) in [7, 11) is -3.80. The normalized spacial score (nSPS) is 12.0. The highest BCUT2D eigenvalue weighted by Crippen LogP contribution is 2.25. The van der Waals surface area contributed by atoms with Crippen LogP contribution in [0.15, 0.2) is 76.8 Å². The van der Waals surface area contributed by atoms with E-state index in [-0.39, 0.29) is 9.92 Å². The quantitative estimate of drug-likeness (QED) is 0.578. The van der Waals surface area contributed by atoms with Crippen LogP contribution in [0.4, 0.5) is 0 Å². The van der Waals surface area contributed by atoms with Crippen molar-refractivity contribution in [1.82, 2.24) is 15.0 Å². The number of hydrogen-bond acceptors (Lipinski definition) is 4. The molecule has 5 nitrogen and oxygen atoms in total. The van der Waals surface area contributed by atoms with Crippen molar-refractivity contribution >= 4 is 33.2 Å². The van der Waals surface area contributed by atoms with Gasteiger partial charge in [-0.25, -0.2) is 18.4 Å². The lowest BCUT2D eigenvalue weighted by Crippen LogP contribution is -2.08. The van der Waals surface area contributed by atoms with Gasteiger partial charge >= 0.3 is 0 Å². The molecule has 1 N–H and O–H groups in total. The monoisotopic (exact) mass is 375 g/mol. The van der Waals surface area contributed by atoms with Crippen LogP contribution in [0.3, 0.4) is 0 Å². The maximum atomic E-state index is 13.2. The average molecular weight is 375 g/mol. The summed E-state index contributed by atoms with van der Waals surface area (Å²) >= 11 is 0. The van der Waals surface area contributed by atoms with Crippen LogP contribution in [-0.2, 0) is 9.84 Å². The summed E-state index contributed by atoms with van der Waals surface area (Å²) in [5.41, 5.74) is 3.18. The van der Waals surface area contributed by atoms with Crippen molar-refractivity contribution in [3.05, 3.63) is 83.7 Å². The van der Waals surface area contributed by atoms with Crippen LogP contribution in [0.2, 0.25) is 0 Å². The smallest absolute Gasteiger partial charge is 0.226 e. The second-order valence-corrected chi connectivity index (χ2v) is 8.05. The number of aromatic nitrogens is 3. The predicted octanol–water partition coefficient (Wildman–Crippen LogP) is 4.27. The van der Waals surface area contributed by atoms with Gasteiger partial charge in [-0.3, -0.25) is 0 Å². The largest absolute Gasteiger partial charge is 0.345 e. The van der Waals surface area contributed by atoms with Gasteiger partial charge in [0.1, 0.15) is 11.2 Å². The van der Waals surface area contributed by atoms with E-state index in [1.807, 2.05) is 49.4 Å². The number of hydrogen-bond donors (Lipinski definition) is 1. The van der Waals surface area contributed by atoms with E-state index in [0.29, 0.717) is 16.9 Å². The van der Waals surface area contributed by atoms with Crippen LogP contribution in [0, 0.1) is 6.92 Å². The van der Waals surface area contributed by atoms with E-state index >= 15 is 0 Å². The highest BCUT2D eigenvalue weighted by atomic mass is 32.2. The Balaban J connectivity index is 1.89. The zero-order chi connectivity index (χ0) is 18.9. The molecule has 0 radical (unpaired) electrons. The molecule has 2 heterocycles. The molecule has 0 spiro atoms. The SMILES string of the molecule is Cc1cccc(S(=O)(=O)c2nc3cc[nH]c3nc2/C=C/c2ccccc2)c1. The average Bonchev–Trinajstić information content (AvgIpc) is 3.14. The van der Waals surface area contributed by atoms with Gasteiger partial charge in [0, 0.05) is 6.20 Å². The maximum Gasteiger partial charge on any atom is 0.226 e. The van der Waals surface area contributed by atoms with Crippen molar-refractivity contribution in [3.63, 3.8) is 0 Å². The molecular weight excluding hydrogens is 358 g/mol. The van der Waals surface area contributed by atoms with Gasteiger partial charge in [0.2, 0.25) is 9.84 Å². The third kappa shape index (κ3) is 3.39. The van der Waals surface area contributed by atoms with Crippen molar-refractivity contribution in [1.29, 1.82) is 0 Å². The highest BCUT2D eigenvalue weighted by molar-refractivity contribution is 7.91. The second-order valence-electron chi connectivity index (χ2n) is 6.19. The molecule has 4 aromatic rings. The van der Waals surface area contributed by atoms with Gasteiger partial charge in [-0.2, -0.15) is 0 Å². The summed E-state index contributed by atoms with van der Waals surface area (Å²) in [6.07, 6.45) is 5.21. The summed E-state index contributed by atoms with van der Waals surface area (Å²) < 4.78 is 26.5. The van der Waals surface area contributed by atoms with Crippen molar-refractivity contribution in [3.8, 4) is 0 Å². The molecule has 0 saturated heterocycles. The van der Waals surface area contributed by atoms with Crippen LogP contribution in [0.25, 0.3) is 23.3 Å². The first-order valence-corrected chi connectivity index (χ1v) is 9.92. The molecule has 0 unspecified atom stereocenters. The fourth-order valence-electron chi connectivity index (χ4n) is 2.81. The lowest BCUT2D eigenvalue weighted by atomic mass is 10.2. The number of nitrogens with zero attached hydrogens (tertiary/aromatic N) is 2. The first-order valence-electron chi connectivity index (χ1n) is 8.44. The molecule has 27 heavy (non-hydrogen) atoms. The van der Waals surface area contributed by atoms with Crippen LogP contribution >= 0.6 is 0 Å². The number of sulfone groups is 1. The first-order chi connectivity index (χ1) is 13.0. The molecule has 6 heteroatoms. The van der Waals surface area contributed by atoms with Crippen molar-refractivity contribution < 1.29 is 8.42 Å². The fourth-order valence-corrected chi connectivity index (χ4v) is 4.24. The summed E-state index contributed by atoms with van der Waals surface area (Å²) in [6, 6.07) is 18.2. The highest BCUT2D eigenvalue weighted by Gasteiger charge is 2.24. The number of benzene rings is 2. The third-order valence-corrected chi connectivity index (χ3v) is 5.85. The Bertz CT molecular complexity index is 1240. The number of fused-ring (bicyclic) bond motifs is 1. The van der Waals surface area contributed by atoms with Crippen LogP contribution in [0.1, 0.15) is 16.8 Å². The van der Waals surface area contributed by atoms with Crippen molar-refractivity contribution in [2.45, 2.75) is 16.8 Å². The standard InChI is InChI=1S/C21H17N3O2S/c1-15-6-5-9-17(14-15)27(25,26)21-19(11-10-16-7-3-2-4-8-16)23-20-18(24-21)12-13-22-20/h2-14H,1H3,(H,22,23)/b11-10+. The molecule has 4 rings (SSSR count). The van der Waals surface area contributed by atoms with Gasteiger partial charge in [-0.1, -0.05) is 48.5 Å². The molecule has 0 amide bonds. The lowest BCUT2D eigenvalue weighted by Gasteiger charge is -2.08. The van der Waals surface area contributed by atoms with Gasteiger partial charge in [0.05, 0.1) is 4.90 Å². The van der Waals surface area contributed by atoms with E-state index in [4.69, 9.17) is 0 Å². The van der Waals surface area contributed by atoms with E-state index in [9.17, 15) is 8.42 Å². The number of H-pyrrole nitrogens is 1. The van der Waals surface area contributed by atoms with Gasteiger partial charge in [0.15, 0.2) is 10.7 Å². The van der Waals surface area contributed by atoms with E-state index in [0.717, 1.165) is 11.1 Å². The second kappa shape index (κ2) is 6.81. The maximum absolute atomic E-state index is 13.2. The molecule has 0 aliphatic carbocycles. The minimum Gasteiger partial charge on any atom is -0.345 e. The van der Waals surface area contributed by atoms with Gasteiger partial charge in [-0.15, -0.1) is 0 Å². The molecule has 0 aliphatic heterocycles. The van der Waals surface area contributed by atoms with Crippen molar-refractivity contribution in [2.75, 3.05) is 0 Å². The Morgan fingerprint density at radius 1 is 0.926 bits per heavy atom. The number of aryl methyl sites for hydroxylation is 1. The Morgan fingerprint density at radius 2 is 1.74 bits per heavy atom. The predicted molar refractivity (Wildman–Crippen MR) is 106 cm³/mol. The third-order valence-electron chi connectivity index (χ3n) is 4.16. The van der Waals surface area contributed by atoms with Gasteiger partial charge < -0.3 is 4.98 Å². The number of nitrogens with one attached hydrogen (secondary N) is 1. The zero-order valence-electron chi connectivity index (χ0n) is 14.6. The number of rotatable bonds is 4. The first kappa shape index (κ1) is 17.2. The molecular formula is C21H17N3O2S. The van der Waals surface area contributed by atoms with Crippen LogP contribution in [0.5, 0.6) is 0 Å². The summed E-state index contributed by atoms with van der Waals surface area (Å²) in [5, 5.41) is -0.0487. The topological polar surface area (TPSA) is 75.7 Å². The van der Waals surface area contributed by atoms with E-state index in [2.05, 4.69) is 15.0 Å². The molecule has 0 atom stereocenters. The van der Waals surface area contributed by atoms with E-state index in [1.165, 1.54) is 0 Å². The molecule has 0 saturated carbocycles.